The molecule has 0 heterocycles. The summed E-state index contributed by atoms with van der Waals surface area (Å²) in [6.07, 6.45) is 1.24. The molecule has 0 unspecified atom stereocenters. The molecular weight excluding hydrogens is 476 g/mol. The molecule has 1 aliphatic rings. The first-order chi connectivity index (χ1) is 17.8. The lowest BCUT2D eigenvalue weighted by Gasteiger charge is -2.32. The topological polar surface area (TPSA) is 76.7 Å². The Morgan fingerprint density at radius 1 is 0.711 bits per heavy atom. The fraction of sp³-hybridized carbons (Fsp3) is 0.438. The van der Waals surface area contributed by atoms with E-state index in [-0.39, 0.29) is 12.2 Å². The Morgan fingerprint density at radius 2 is 1.05 bits per heavy atom. The van der Waals surface area contributed by atoms with Crippen LogP contribution in [0.2, 0.25) is 0 Å². The van der Waals surface area contributed by atoms with Crippen LogP contribution >= 0.6 is 0 Å². The number of alkyl carbamates (subject to hydrolysis) is 2. The van der Waals surface area contributed by atoms with Crippen LogP contribution in [0.3, 0.4) is 0 Å². The summed E-state index contributed by atoms with van der Waals surface area (Å²) in [5.74, 6) is 0. The maximum atomic E-state index is 12.7. The average Bonchev–Trinajstić information content (AvgIpc) is 2.84. The number of hydrogen-bond acceptors (Lipinski definition) is 4. The highest BCUT2D eigenvalue weighted by Crippen LogP contribution is 2.28. The second-order valence-electron chi connectivity index (χ2n) is 11.4. The highest BCUT2D eigenvalue weighted by atomic mass is 16.6. The van der Waals surface area contributed by atoms with Crippen LogP contribution in [0.1, 0.15) is 89.5 Å². The lowest BCUT2D eigenvalue weighted by molar-refractivity contribution is 0.0175. The Labute approximate surface area is 227 Å². The third kappa shape index (κ3) is 7.73. The Hall–Kier alpha value is -3.54. The number of benzene rings is 2. The van der Waals surface area contributed by atoms with Gasteiger partial charge in [0.1, 0.15) is 12.2 Å². The molecule has 6 heteroatoms. The molecule has 1 aliphatic carbocycles. The van der Waals surface area contributed by atoms with E-state index >= 15 is 0 Å². The van der Waals surface area contributed by atoms with Crippen LogP contribution in [-0.4, -0.2) is 24.4 Å². The summed E-state index contributed by atoms with van der Waals surface area (Å²) in [6.45, 7) is 19.7. The molecule has 204 valence electrons. The van der Waals surface area contributed by atoms with Crippen molar-refractivity contribution < 1.29 is 19.1 Å². The molecule has 38 heavy (non-hydrogen) atoms. The van der Waals surface area contributed by atoms with Gasteiger partial charge in [-0.05, 0) is 102 Å². The number of carbonyl (C=O) groups excluding carboxylic acids is 2. The van der Waals surface area contributed by atoms with Gasteiger partial charge in [0.05, 0.1) is 11.1 Å². The van der Waals surface area contributed by atoms with Crippen LogP contribution in [-0.2, 0) is 20.6 Å². The largest absolute Gasteiger partial charge is 0.446 e. The van der Waals surface area contributed by atoms with E-state index in [2.05, 4.69) is 23.8 Å². The zero-order chi connectivity index (χ0) is 28.1. The van der Waals surface area contributed by atoms with Crippen molar-refractivity contribution in [3.8, 4) is 0 Å². The fourth-order valence-electron chi connectivity index (χ4n) is 4.63. The third-order valence-electron chi connectivity index (χ3n) is 7.15. The number of carbonyl (C=O) groups is 2. The van der Waals surface area contributed by atoms with Crippen LogP contribution < -0.4 is 10.6 Å². The van der Waals surface area contributed by atoms with Crippen molar-refractivity contribution >= 4 is 23.3 Å². The van der Waals surface area contributed by atoms with Gasteiger partial charge in [-0.1, -0.05) is 60.7 Å². The molecule has 2 amide bonds. The van der Waals surface area contributed by atoms with Crippen LogP contribution in [0.15, 0.2) is 61.7 Å². The summed E-state index contributed by atoms with van der Waals surface area (Å²) < 4.78 is 11.4. The number of hydrogen-bond donors (Lipinski definition) is 2. The SMILES string of the molecule is C=C(C)c1cccc(C(C)(C)NC(=O)OC2CCC(OC(=O)NC(C)(C)c3cccc(C(=C)C)c3)CC2)c1. The van der Waals surface area contributed by atoms with E-state index < -0.39 is 23.3 Å². The van der Waals surface area contributed by atoms with Gasteiger partial charge in [-0.2, -0.15) is 0 Å². The highest BCUT2D eigenvalue weighted by molar-refractivity contribution is 5.70. The van der Waals surface area contributed by atoms with Gasteiger partial charge in [0.25, 0.3) is 0 Å². The lowest BCUT2D eigenvalue weighted by Crippen LogP contribution is -2.44. The van der Waals surface area contributed by atoms with E-state index in [4.69, 9.17) is 9.47 Å². The standard InChI is InChI=1S/C32H42N2O4/c1-21(2)23-11-9-13-25(19-23)31(5,6)33-29(35)37-27-15-17-28(18-16-27)38-30(36)34-32(7,8)26-14-10-12-24(20-26)22(3)4/h9-14,19-20,27-28H,1,3,15-18H2,2,4-8H3,(H,33,35)(H,34,36). The Bertz CT molecular complexity index is 1100. The van der Waals surface area contributed by atoms with Gasteiger partial charge in [-0.3, -0.25) is 0 Å². The summed E-state index contributed by atoms with van der Waals surface area (Å²) in [5, 5.41) is 5.98. The predicted octanol–water partition coefficient (Wildman–Crippen LogP) is 7.69. The molecule has 0 radical (unpaired) electrons. The van der Waals surface area contributed by atoms with Crippen LogP contribution in [0, 0.1) is 0 Å². The minimum Gasteiger partial charge on any atom is -0.446 e. The Balaban J connectivity index is 1.47. The molecule has 0 saturated heterocycles. The van der Waals surface area contributed by atoms with Crippen LogP contribution in [0.4, 0.5) is 9.59 Å². The van der Waals surface area contributed by atoms with Crippen molar-refractivity contribution in [1.29, 1.82) is 0 Å². The van der Waals surface area contributed by atoms with Crippen molar-refractivity contribution in [3.63, 3.8) is 0 Å². The van der Waals surface area contributed by atoms with Gasteiger partial charge in [0.15, 0.2) is 0 Å². The van der Waals surface area contributed by atoms with Crippen molar-refractivity contribution in [2.75, 3.05) is 0 Å². The second-order valence-corrected chi connectivity index (χ2v) is 11.4. The number of amides is 2. The molecule has 0 aliphatic heterocycles. The minimum absolute atomic E-state index is 0.211. The maximum Gasteiger partial charge on any atom is 0.408 e. The van der Waals surface area contributed by atoms with Gasteiger partial charge in [-0.25, -0.2) is 9.59 Å². The van der Waals surface area contributed by atoms with E-state index in [1.54, 1.807) is 0 Å². The third-order valence-corrected chi connectivity index (χ3v) is 7.15. The molecule has 2 aromatic carbocycles. The zero-order valence-corrected chi connectivity index (χ0v) is 23.6. The smallest absolute Gasteiger partial charge is 0.408 e. The second kappa shape index (κ2) is 11.9. The van der Waals surface area contributed by atoms with E-state index in [1.165, 1.54) is 0 Å². The molecule has 0 bridgehead atoms. The van der Waals surface area contributed by atoms with Crippen molar-refractivity contribution in [2.45, 2.75) is 90.5 Å². The Morgan fingerprint density at radius 3 is 1.37 bits per heavy atom. The molecule has 0 aromatic heterocycles. The molecular formula is C32H42N2O4. The van der Waals surface area contributed by atoms with Crippen molar-refractivity contribution in [3.05, 3.63) is 83.9 Å². The normalized spacial score (nSPS) is 17.7. The van der Waals surface area contributed by atoms with Crippen molar-refractivity contribution in [1.82, 2.24) is 10.6 Å². The molecule has 1 saturated carbocycles. The van der Waals surface area contributed by atoms with E-state index in [0.29, 0.717) is 25.7 Å². The predicted molar refractivity (Wildman–Crippen MR) is 154 cm³/mol. The van der Waals surface area contributed by atoms with Gasteiger partial charge in [0.2, 0.25) is 0 Å². The van der Waals surface area contributed by atoms with E-state index in [9.17, 15) is 9.59 Å². The first kappa shape index (κ1) is 29.0. The Kier molecular flexibility index (Phi) is 9.08. The van der Waals surface area contributed by atoms with Gasteiger partial charge >= 0.3 is 12.2 Å². The summed E-state index contributed by atoms with van der Waals surface area (Å²) in [5.41, 5.74) is 4.78. The number of rotatable bonds is 8. The van der Waals surface area contributed by atoms with Crippen molar-refractivity contribution in [2.24, 2.45) is 0 Å². The lowest BCUT2D eigenvalue weighted by atomic mass is 9.91. The molecule has 0 spiro atoms. The van der Waals surface area contributed by atoms with Gasteiger partial charge in [-0.15, -0.1) is 0 Å². The van der Waals surface area contributed by atoms with Crippen LogP contribution in [0.5, 0.6) is 0 Å². The molecule has 2 N–H and O–H groups in total. The minimum atomic E-state index is -0.600. The molecule has 1 fully saturated rings. The van der Waals surface area contributed by atoms with E-state index in [1.807, 2.05) is 90.1 Å². The molecule has 3 rings (SSSR count). The first-order valence-corrected chi connectivity index (χ1v) is 13.3. The molecule has 2 aromatic rings. The molecule has 6 nitrogen and oxygen atoms in total. The maximum absolute atomic E-state index is 12.7. The number of allylic oxidation sites excluding steroid dienone is 2. The highest BCUT2D eigenvalue weighted by Gasteiger charge is 2.31. The van der Waals surface area contributed by atoms with Gasteiger partial charge < -0.3 is 20.1 Å². The fourth-order valence-corrected chi connectivity index (χ4v) is 4.63. The summed E-state index contributed by atoms with van der Waals surface area (Å²) in [7, 11) is 0. The molecule has 0 atom stereocenters. The summed E-state index contributed by atoms with van der Waals surface area (Å²) in [6, 6.07) is 16.0. The quantitative estimate of drug-likeness (QED) is 0.376. The van der Waals surface area contributed by atoms with Crippen LogP contribution in [0.25, 0.3) is 11.1 Å². The monoisotopic (exact) mass is 518 g/mol. The summed E-state index contributed by atoms with van der Waals surface area (Å²) >= 11 is 0. The average molecular weight is 519 g/mol. The number of nitrogens with one attached hydrogen (secondary N) is 2. The van der Waals surface area contributed by atoms with Gasteiger partial charge in [0, 0.05) is 0 Å². The van der Waals surface area contributed by atoms with E-state index in [0.717, 1.165) is 33.4 Å². The summed E-state index contributed by atoms with van der Waals surface area (Å²) in [4.78, 5) is 25.4. The number of ether oxygens (including phenoxy) is 2. The first-order valence-electron chi connectivity index (χ1n) is 13.3. The zero-order valence-electron chi connectivity index (χ0n) is 23.6.